The first-order valence-corrected chi connectivity index (χ1v) is 12.5. The van der Waals surface area contributed by atoms with Gasteiger partial charge in [0, 0.05) is 34.8 Å². The zero-order valence-electron chi connectivity index (χ0n) is 17.8. The molecule has 0 aliphatic carbocycles. The highest BCUT2D eigenvalue weighted by molar-refractivity contribution is 7.90. The van der Waals surface area contributed by atoms with Gasteiger partial charge in [0.1, 0.15) is 4.90 Å². The summed E-state index contributed by atoms with van der Waals surface area (Å²) in [6.07, 6.45) is 2.41. The second-order valence-corrected chi connectivity index (χ2v) is 10.1. The largest absolute Gasteiger partial charge is 0.452 e. The number of carbonyl (C=O) groups is 2. The summed E-state index contributed by atoms with van der Waals surface area (Å²) in [6.45, 7) is 1.63. The molecule has 0 fully saturated rings. The Bertz CT molecular complexity index is 1170. The molecule has 33 heavy (non-hydrogen) atoms. The van der Waals surface area contributed by atoms with Crippen LogP contribution in [0.5, 0.6) is 0 Å². The number of carbonyl (C=O) groups excluding carboxylic acids is 2. The molecule has 0 aliphatic rings. The Kier molecular flexibility index (Phi) is 9.21. The normalized spacial score (nSPS) is 12.1. The number of halogens is 2. The summed E-state index contributed by atoms with van der Waals surface area (Å²) < 4.78 is 28.3. The van der Waals surface area contributed by atoms with Crippen molar-refractivity contribution in [3.05, 3.63) is 67.7 Å². The minimum atomic E-state index is -3.87. The predicted molar refractivity (Wildman–Crippen MR) is 124 cm³/mol. The van der Waals surface area contributed by atoms with Gasteiger partial charge in [-0.15, -0.1) is 0 Å². The van der Waals surface area contributed by atoms with E-state index in [1.165, 1.54) is 0 Å². The van der Waals surface area contributed by atoms with Crippen LogP contribution in [0.1, 0.15) is 41.6 Å². The molecule has 0 spiro atoms. The summed E-state index contributed by atoms with van der Waals surface area (Å²) in [7, 11) is -3.87. The molecule has 0 saturated carbocycles. The molecule has 2 aromatic carbocycles. The number of nitro groups is 1. The van der Waals surface area contributed by atoms with Gasteiger partial charge in [-0.05, 0) is 36.2 Å². The SMILES string of the molecule is CCC[C@@H](CNC(=O)COC(=O)c1ccc(S(C)(=O)=O)c([N+](=O)[O-])c1)c1ccc(Cl)cc1Cl. The molecule has 0 bridgehead atoms. The minimum Gasteiger partial charge on any atom is -0.452 e. The molecular weight excluding hydrogens is 495 g/mol. The molecule has 2 rings (SSSR count). The van der Waals surface area contributed by atoms with Crippen LogP contribution in [0.2, 0.25) is 10.0 Å². The number of hydrogen-bond donors (Lipinski definition) is 1. The third kappa shape index (κ3) is 7.41. The minimum absolute atomic E-state index is 0.0781. The Hall–Kier alpha value is -2.69. The molecule has 0 saturated heterocycles. The molecule has 9 nitrogen and oxygen atoms in total. The number of benzene rings is 2. The van der Waals surface area contributed by atoms with Gasteiger partial charge in [0.2, 0.25) is 0 Å². The van der Waals surface area contributed by atoms with E-state index in [1.54, 1.807) is 18.2 Å². The number of ether oxygens (including phenoxy) is 1. The highest BCUT2D eigenvalue weighted by atomic mass is 35.5. The molecule has 0 heterocycles. The van der Waals surface area contributed by atoms with E-state index in [4.69, 9.17) is 27.9 Å². The lowest BCUT2D eigenvalue weighted by atomic mass is 9.94. The van der Waals surface area contributed by atoms with Crippen molar-refractivity contribution in [1.82, 2.24) is 5.32 Å². The second-order valence-electron chi connectivity index (χ2n) is 7.24. The Morgan fingerprint density at radius 1 is 1.18 bits per heavy atom. The van der Waals surface area contributed by atoms with Crippen LogP contribution >= 0.6 is 23.2 Å². The Balaban J connectivity index is 2.01. The van der Waals surface area contributed by atoms with E-state index < -0.39 is 43.8 Å². The molecule has 0 radical (unpaired) electrons. The maximum absolute atomic E-state index is 12.2. The number of rotatable bonds is 10. The molecule has 12 heteroatoms. The van der Waals surface area contributed by atoms with Crippen LogP contribution in [0.15, 0.2) is 41.3 Å². The van der Waals surface area contributed by atoms with Gasteiger partial charge in [0.25, 0.3) is 11.6 Å². The first kappa shape index (κ1) is 26.6. The molecule has 0 aromatic heterocycles. The van der Waals surface area contributed by atoms with Crippen LogP contribution < -0.4 is 5.32 Å². The number of amides is 1. The van der Waals surface area contributed by atoms with Gasteiger partial charge in [-0.1, -0.05) is 42.6 Å². The van der Waals surface area contributed by atoms with Crippen molar-refractivity contribution < 1.29 is 27.7 Å². The van der Waals surface area contributed by atoms with Crippen molar-refractivity contribution in [2.45, 2.75) is 30.6 Å². The molecular formula is C21H22Cl2N2O7S. The van der Waals surface area contributed by atoms with E-state index >= 15 is 0 Å². The number of hydrogen-bond acceptors (Lipinski definition) is 7. The van der Waals surface area contributed by atoms with Crippen molar-refractivity contribution in [3.8, 4) is 0 Å². The molecule has 0 aliphatic heterocycles. The van der Waals surface area contributed by atoms with Gasteiger partial charge >= 0.3 is 5.97 Å². The summed E-state index contributed by atoms with van der Waals surface area (Å²) >= 11 is 12.2. The molecule has 1 atom stereocenters. The number of sulfone groups is 1. The van der Waals surface area contributed by atoms with Crippen molar-refractivity contribution in [3.63, 3.8) is 0 Å². The fourth-order valence-corrected chi connectivity index (χ4v) is 4.54. The third-order valence-electron chi connectivity index (χ3n) is 4.71. The third-order valence-corrected chi connectivity index (χ3v) is 6.42. The molecule has 0 unspecified atom stereocenters. The second kappa shape index (κ2) is 11.4. The van der Waals surface area contributed by atoms with E-state index in [2.05, 4.69) is 5.32 Å². The maximum Gasteiger partial charge on any atom is 0.338 e. The van der Waals surface area contributed by atoms with Crippen LogP contribution in [0, 0.1) is 10.1 Å². The van der Waals surface area contributed by atoms with Gasteiger partial charge in [0.05, 0.1) is 10.5 Å². The van der Waals surface area contributed by atoms with Crippen molar-refractivity contribution in [2.75, 3.05) is 19.4 Å². The lowest BCUT2D eigenvalue weighted by Crippen LogP contribution is -2.32. The zero-order valence-corrected chi connectivity index (χ0v) is 20.2. The number of nitro benzene ring substituents is 1. The quantitative estimate of drug-likeness (QED) is 0.284. The monoisotopic (exact) mass is 516 g/mol. The van der Waals surface area contributed by atoms with Crippen LogP contribution in [-0.4, -0.2) is 44.6 Å². The lowest BCUT2D eigenvalue weighted by molar-refractivity contribution is -0.387. The van der Waals surface area contributed by atoms with E-state index in [-0.39, 0.29) is 18.0 Å². The van der Waals surface area contributed by atoms with Crippen LogP contribution in [-0.2, 0) is 19.4 Å². The van der Waals surface area contributed by atoms with Gasteiger partial charge in [-0.2, -0.15) is 0 Å². The van der Waals surface area contributed by atoms with Gasteiger partial charge < -0.3 is 10.1 Å². The Labute approximate surface area is 201 Å². The average molecular weight is 517 g/mol. The Morgan fingerprint density at radius 2 is 1.88 bits per heavy atom. The van der Waals surface area contributed by atoms with Crippen molar-refractivity contribution in [1.29, 1.82) is 0 Å². The zero-order chi connectivity index (χ0) is 24.8. The van der Waals surface area contributed by atoms with E-state index in [0.717, 1.165) is 42.9 Å². The number of esters is 1. The maximum atomic E-state index is 12.2. The fraction of sp³-hybridized carbons (Fsp3) is 0.333. The highest BCUT2D eigenvalue weighted by Crippen LogP contribution is 2.30. The highest BCUT2D eigenvalue weighted by Gasteiger charge is 2.25. The van der Waals surface area contributed by atoms with Gasteiger partial charge in [-0.25, -0.2) is 13.2 Å². The summed E-state index contributed by atoms with van der Waals surface area (Å²) in [5.41, 5.74) is -0.171. The summed E-state index contributed by atoms with van der Waals surface area (Å²) in [5.74, 6) is -1.65. The molecule has 1 N–H and O–H groups in total. The predicted octanol–water partition coefficient (Wildman–Crippen LogP) is 4.16. The first-order valence-electron chi connectivity index (χ1n) is 9.81. The standard InChI is InChI=1S/C21H22Cl2N2O7S/c1-3-4-14(16-7-6-15(22)10-17(16)23)11-24-20(26)12-32-21(27)13-5-8-19(33(2,30)31)18(9-13)25(28)29/h5-10,14H,3-4,11-12H2,1-2H3,(H,24,26)/t14-/m0/s1. The molecule has 2 aromatic rings. The molecule has 1 amide bonds. The van der Waals surface area contributed by atoms with Crippen LogP contribution in [0.4, 0.5) is 5.69 Å². The summed E-state index contributed by atoms with van der Waals surface area (Å²) in [5, 5.41) is 14.8. The van der Waals surface area contributed by atoms with Gasteiger partial charge in [0.15, 0.2) is 16.4 Å². The Morgan fingerprint density at radius 3 is 2.45 bits per heavy atom. The average Bonchev–Trinajstić information content (AvgIpc) is 2.74. The summed E-state index contributed by atoms with van der Waals surface area (Å²) in [6, 6.07) is 7.97. The van der Waals surface area contributed by atoms with Crippen molar-refractivity contribution in [2.24, 2.45) is 0 Å². The fourth-order valence-electron chi connectivity index (χ4n) is 3.15. The van der Waals surface area contributed by atoms with Crippen LogP contribution in [0.3, 0.4) is 0 Å². The lowest BCUT2D eigenvalue weighted by Gasteiger charge is -2.19. The number of nitrogens with one attached hydrogen (secondary N) is 1. The number of nitrogens with zero attached hydrogens (tertiary/aromatic N) is 1. The van der Waals surface area contributed by atoms with E-state index in [1.807, 2.05) is 6.92 Å². The molecule has 178 valence electrons. The van der Waals surface area contributed by atoms with E-state index in [9.17, 15) is 28.1 Å². The first-order chi connectivity index (χ1) is 15.4. The van der Waals surface area contributed by atoms with Crippen LogP contribution in [0.25, 0.3) is 0 Å². The van der Waals surface area contributed by atoms with Gasteiger partial charge in [-0.3, -0.25) is 14.9 Å². The summed E-state index contributed by atoms with van der Waals surface area (Å²) in [4.78, 5) is 34.2. The van der Waals surface area contributed by atoms with E-state index in [0.29, 0.717) is 10.0 Å². The smallest absolute Gasteiger partial charge is 0.338 e. The van der Waals surface area contributed by atoms with Crippen molar-refractivity contribution >= 4 is 50.6 Å². The topological polar surface area (TPSA) is 133 Å².